The van der Waals surface area contributed by atoms with Crippen molar-refractivity contribution >= 4 is 0 Å². The lowest BCUT2D eigenvalue weighted by atomic mass is 9.82. The summed E-state index contributed by atoms with van der Waals surface area (Å²) in [6.45, 7) is 0.788. The third-order valence-electron chi connectivity index (χ3n) is 3.14. The van der Waals surface area contributed by atoms with Crippen molar-refractivity contribution in [2.75, 3.05) is 6.61 Å². The van der Waals surface area contributed by atoms with E-state index in [1.54, 1.807) is 0 Å². The van der Waals surface area contributed by atoms with Crippen molar-refractivity contribution in [3.05, 3.63) is 11.7 Å². The highest BCUT2D eigenvalue weighted by Crippen LogP contribution is 2.36. The van der Waals surface area contributed by atoms with E-state index in [-0.39, 0.29) is 18.1 Å². The van der Waals surface area contributed by atoms with Gasteiger partial charge < -0.3 is 14.4 Å². The first-order valence-corrected chi connectivity index (χ1v) is 5.46. The Morgan fingerprint density at radius 2 is 2.20 bits per heavy atom. The molecular weight excluding hydrogens is 196 g/mol. The van der Waals surface area contributed by atoms with Crippen molar-refractivity contribution < 1.29 is 14.4 Å². The summed E-state index contributed by atoms with van der Waals surface area (Å²) in [6, 6.07) is 0. The summed E-state index contributed by atoms with van der Waals surface area (Å²) in [5, 5.41) is 13.1. The first kappa shape index (κ1) is 9.30. The Morgan fingerprint density at radius 3 is 2.87 bits per heavy atom. The lowest BCUT2D eigenvalue weighted by Gasteiger charge is -2.27. The Kier molecular flexibility index (Phi) is 2.21. The maximum atomic E-state index is 9.18. The molecule has 1 atom stereocenters. The van der Waals surface area contributed by atoms with Gasteiger partial charge in [-0.05, 0) is 25.7 Å². The van der Waals surface area contributed by atoms with Gasteiger partial charge in [-0.1, -0.05) is 5.16 Å². The van der Waals surface area contributed by atoms with E-state index in [2.05, 4.69) is 10.1 Å². The summed E-state index contributed by atoms with van der Waals surface area (Å²) in [6.07, 6.45) is 3.36. The highest BCUT2D eigenvalue weighted by atomic mass is 16.5. The van der Waals surface area contributed by atoms with Gasteiger partial charge in [0, 0.05) is 12.5 Å². The van der Waals surface area contributed by atoms with Gasteiger partial charge in [0.1, 0.15) is 6.10 Å². The molecule has 5 heteroatoms. The van der Waals surface area contributed by atoms with Crippen LogP contribution in [-0.2, 0) is 4.74 Å². The van der Waals surface area contributed by atoms with Crippen molar-refractivity contribution in [2.45, 2.75) is 43.8 Å². The SMILES string of the molecule is OC1CC(c2nc(C3CCCO3)no2)C1. The molecule has 1 aliphatic carbocycles. The van der Waals surface area contributed by atoms with E-state index in [9.17, 15) is 5.11 Å². The van der Waals surface area contributed by atoms with Gasteiger partial charge in [0.25, 0.3) is 0 Å². The quantitative estimate of drug-likeness (QED) is 0.793. The summed E-state index contributed by atoms with van der Waals surface area (Å²) in [5.41, 5.74) is 0. The molecule has 2 fully saturated rings. The number of aliphatic hydroxyl groups excluding tert-OH is 1. The molecule has 82 valence electrons. The minimum absolute atomic E-state index is 0.0208. The van der Waals surface area contributed by atoms with Gasteiger partial charge in [0.15, 0.2) is 0 Å². The maximum absolute atomic E-state index is 9.18. The van der Waals surface area contributed by atoms with Crippen LogP contribution in [0.15, 0.2) is 4.52 Å². The van der Waals surface area contributed by atoms with Crippen LogP contribution in [0.25, 0.3) is 0 Å². The van der Waals surface area contributed by atoms with Crippen LogP contribution >= 0.6 is 0 Å². The maximum Gasteiger partial charge on any atom is 0.230 e. The Balaban J connectivity index is 1.70. The van der Waals surface area contributed by atoms with Crippen molar-refractivity contribution in [2.24, 2.45) is 0 Å². The molecule has 0 spiro atoms. The Hall–Kier alpha value is -0.940. The summed E-state index contributed by atoms with van der Waals surface area (Å²) >= 11 is 0. The second-order valence-electron chi connectivity index (χ2n) is 4.31. The van der Waals surface area contributed by atoms with Crippen molar-refractivity contribution in [3.63, 3.8) is 0 Å². The van der Waals surface area contributed by atoms with Crippen molar-refractivity contribution in [1.29, 1.82) is 0 Å². The number of aromatic nitrogens is 2. The molecule has 0 amide bonds. The van der Waals surface area contributed by atoms with Crippen LogP contribution in [0.1, 0.15) is 49.4 Å². The smallest absolute Gasteiger partial charge is 0.230 e. The first-order chi connectivity index (χ1) is 7.33. The lowest BCUT2D eigenvalue weighted by Crippen LogP contribution is -2.26. The van der Waals surface area contributed by atoms with E-state index in [4.69, 9.17) is 9.26 Å². The number of aliphatic hydroxyl groups is 1. The average Bonchev–Trinajstić information content (AvgIpc) is 2.83. The molecule has 5 nitrogen and oxygen atoms in total. The molecule has 0 aromatic carbocycles. The fraction of sp³-hybridized carbons (Fsp3) is 0.800. The predicted octanol–water partition coefficient (Wildman–Crippen LogP) is 1.16. The van der Waals surface area contributed by atoms with Crippen LogP contribution in [0.3, 0.4) is 0 Å². The molecule has 0 radical (unpaired) electrons. The largest absolute Gasteiger partial charge is 0.393 e. The number of ether oxygens (including phenoxy) is 1. The van der Waals surface area contributed by atoms with Crippen LogP contribution in [0.5, 0.6) is 0 Å². The highest BCUT2D eigenvalue weighted by molar-refractivity contribution is 5.03. The number of hydrogen-bond acceptors (Lipinski definition) is 5. The van der Waals surface area contributed by atoms with Gasteiger partial charge in [-0.3, -0.25) is 0 Å². The molecule has 1 aliphatic heterocycles. The van der Waals surface area contributed by atoms with Gasteiger partial charge in [-0.25, -0.2) is 0 Å². The summed E-state index contributed by atoms with van der Waals surface area (Å²) in [7, 11) is 0. The monoisotopic (exact) mass is 210 g/mol. The van der Waals surface area contributed by atoms with E-state index in [1.165, 1.54) is 0 Å². The lowest BCUT2D eigenvalue weighted by molar-refractivity contribution is 0.0624. The zero-order valence-corrected chi connectivity index (χ0v) is 8.43. The topological polar surface area (TPSA) is 68.4 Å². The predicted molar refractivity (Wildman–Crippen MR) is 50.2 cm³/mol. The molecular formula is C10H14N2O3. The number of rotatable bonds is 2. The number of nitrogens with zero attached hydrogens (tertiary/aromatic N) is 2. The zero-order valence-electron chi connectivity index (χ0n) is 8.43. The third kappa shape index (κ3) is 1.66. The molecule has 3 rings (SSSR count). The van der Waals surface area contributed by atoms with E-state index in [0.29, 0.717) is 11.7 Å². The van der Waals surface area contributed by atoms with Gasteiger partial charge in [0.05, 0.1) is 6.10 Å². The second kappa shape index (κ2) is 3.57. The van der Waals surface area contributed by atoms with Gasteiger partial charge in [0.2, 0.25) is 11.7 Å². The van der Waals surface area contributed by atoms with Crippen LogP contribution in [0, 0.1) is 0 Å². The van der Waals surface area contributed by atoms with Crippen molar-refractivity contribution in [1.82, 2.24) is 10.1 Å². The normalized spacial score (nSPS) is 35.4. The second-order valence-corrected chi connectivity index (χ2v) is 4.31. The Labute approximate surface area is 87.4 Å². The standard InChI is InChI=1S/C10H14N2O3/c13-7-4-6(5-7)10-11-9(12-15-10)8-2-1-3-14-8/h6-8,13H,1-5H2. The highest BCUT2D eigenvalue weighted by Gasteiger charge is 2.34. The molecule has 0 bridgehead atoms. The molecule has 2 heterocycles. The fourth-order valence-corrected chi connectivity index (χ4v) is 2.11. The summed E-state index contributed by atoms with van der Waals surface area (Å²) in [4.78, 5) is 4.33. The van der Waals surface area contributed by atoms with E-state index >= 15 is 0 Å². The van der Waals surface area contributed by atoms with Gasteiger partial charge in [-0.2, -0.15) is 4.98 Å². The van der Waals surface area contributed by atoms with E-state index in [0.717, 1.165) is 32.3 Å². The molecule has 2 aliphatic rings. The van der Waals surface area contributed by atoms with Crippen LogP contribution in [0.4, 0.5) is 0 Å². The van der Waals surface area contributed by atoms with E-state index in [1.807, 2.05) is 0 Å². The van der Waals surface area contributed by atoms with Crippen LogP contribution in [-0.4, -0.2) is 28.0 Å². The minimum Gasteiger partial charge on any atom is -0.393 e. The molecule has 15 heavy (non-hydrogen) atoms. The molecule has 1 unspecified atom stereocenters. The first-order valence-electron chi connectivity index (χ1n) is 5.46. The fourth-order valence-electron chi connectivity index (χ4n) is 2.11. The Bertz CT molecular complexity index is 340. The molecule has 1 saturated carbocycles. The Morgan fingerprint density at radius 1 is 1.33 bits per heavy atom. The zero-order chi connectivity index (χ0) is 10.3. The third-order valence-corrected chi connectivity index (χ3v) is 3.14. The molecule has 1 N–H and O–H groups in total. The van der Waals surface area contributed by atoms with E-state index < -0.39 is 0 Å². The van der Waals surface area contributed by atoms with Crippen LogP contribution in [0.2, 0.25) is 0 Å². The molecule has 1 aromatic rings. The molecule has 1 aromatic heterocycles. The summed E-state index contributed by atoms with van der Waals surface area (Å²) < 4.78 is 10.6. The van der Waals surface area contributed by atoms with Crippen LogP contribution < -0.4 is 0 Å². The number of hydrogen-bond donors (Lipinski definition) is 1. The molecule has 1 saturated heterocycles. The average molecular weight is 210 g/mol. The summed E-state index contributed by atoms with van der Waals surface area (Å²) in [5.74, 6) is 1.58. The minimum atomic E-state index is -0.187. The van der Waals surface area contributed by atoms with Gasteiger partial charge >= 0.3 is 0 Å². The van der Waals surface area contributed by atoms with Crippen molar-refractivity contribution in [3.8, 4) is 0 Å². The van der Waals surface area contributed by atoms with Gasteiger partial charge in [-0.15, -0.1) is 0 Å².